The Morgan fingerprint density at radius 3 is 2.10 bits per heavy atom. The van der Waals surface area contributed by atoms with Gasteiger partial charge in [-0.05, 0) is 68.9 Å². The minimum atomic E-state index is -0.843. The van der Waals surface area contributed by atoms with Crippen LogP contribution in [0.2, 0.25) is 0 Å². The van der Waals surface area contributed by atoms with E-state index in [1.807, 2.05) is 58.0 Å². The van der Waals surface area contributed by atoms with Crippen LogP contribution in [0.1, 0.15) is 130 Å². The molecule has 1 saturated heterocycles. The van der Waals surface area contributed by atoms with E-state index in [9.17, 15) is 19.2 Å². The first-order valence-electron chi connectivity index (χ1n) is 18.9. The standard InChI is InChI=1S/C39H63N5O4/c1-7-32(29-18-13-10-14-19-29)42-37(47)33-24-31(25-44(33)38(48)34(39(3,4)5)43-35(45)26(2)40-6)41-36(46)30-21-15-20-28(22-23-30)27-16-11-8-9-12-17-27/h10,13-14,18-19,26-28,30-34,40H,7-9,11-12,15-17,20-25H2,1-6H3,(H,41,46)(H,42,47)(H,43,45)/t26-,28?,30?,31-,32+,33-,34?/m0/s1. The molecule has 0 radical (unpaired) electrons. The van der Waals surface area contributed by atoms with E-state index in [2.05, 4.69) is 21.3 Å². The molecule has 9 nitrogen and oxygen atoms in total. The minimum absolute atomic E-state index is 0.0370. The summed E-state index contributed by atoms with van der Waals surface area (Å²) in [6.07, 6.45) is 14.3. The molecule has 4 amide bonds. The molecule has 3 fully saturated rings. The molecule has 9 heteroatoms. The summed E-state index contributed by atoms with van der Waals surface area (Å²) < 4.78 is 0. The molecule has 1 aliphatic heterocycles. The number of carbonyl (C=O) groups is 4. The second-order valence-corrected chi connectivity index (χ2v) is 15.9. The van der Waals surface area contributed by atoms with Crippen LogP contribution in [-0.4, -0.2) is 66.3 Å². The summed E-state index contributed by atoms with van der Waals surface area (Å²) >= 11 is 0. The second kappa shape index (κ2) is 17.6. The Balaban J connectivity index is 1.49. The molecule has 0 bridgehead atoms. The van der Waals surface area contributed by atoms with Gasteiger partial charge in [0, 0.05) is 18.5 Å². The van der Waals surface area contributed by atoms with Crippen molar-refractivity contribution >= 4 is 23.6 Å². The van der Waals surface area contributed by atoms with Gasteiger partial charge in [-0.25, -0.2) is 0 Å². The van der Waals surface area contributed by atoms with Gasteiger partial charge in [-0.1, -0.05) is 109 Å². The lowest BCUT2D eigenvalue weighted by Crippen LogP contribution is -2.59. The molecule has 48 heavy (non-hydrogen) atoms. The molecule has 2 saturated carbocycles. The normalized spacial score (nSPS) is 26.0. The van der Waals surface area contributed by atoms with Gasteiger partial charge in [-0.15, -0.1) is 0 Å². The maximum absolute atomic E-state index is 14.4. The van der Waals surface area contributed by atoms with E-state index < -0.39 is 23.5 Å². The Labute approximate surface area is 289 Å². The van der Waals surface area contributed by atoms with Crippen molar-refractivity contribution in [3.63, 3.8) is 0 Å². The molecule has 3 aliphatic rings. The number of amides is 4. The van der Waals surface area contributed by atoms with Gasteiger partial charge in [-0.3, -0.25) is 19.2 Å². The third-order valence-electron chi connectivity index (χ3n) is 11.3. The van der Waals surface area contributed by atoms with Crippen molar-refractivity contribution in [1.29, 1.82) is 0 Å². The number of likely N-dealkylation sites (N-methyl/N-ethyl adjacent to an activating group) is 1. The van der Waals surface area contributed by atoms with Gasteiger partial charge in [-0.2, -0.15) is 0 Å². The Morgan fingerprint density at radius 2 is 1.48 bits per heavy atom. The molecular weight excluding hydrogens is 602 g/mol. The van der Waals surface area contributed by atoms with Crippen molar-refractivity contribution in [2.75, 3.05) is 13.6 Å². The van der Waals surface area contributed by atoms with E-state index in [4.69, 9.17) is 0 Å². The summed E-state index contributed by atoms with van der Waals surface area (Å²) in [6.45, 7) is 9.76. The lowest BCUT2D eigenvalue weighted by Gasteiger charge is -2.36. The van der Waals surface area contributed by atoms with Crippen molar-refractivity contribution in [2.24, 2.45) is 23.2 Å². The van der Waals surface area contributed by atoms with Crippen molar-refractivity contribution in [2.45, 2.75) is 148 Å². The van der Waals surface area contributed by atoms with Crippen molar-refractivity contribution in [1.82, 2.24) is 26.2 Å². The third kappa shape index (κ3) is 10.1. The number of nitrogens with zero attached hydrogens (tertiary/aromatic N) is 1. The Morgan fingerprint density at radius 1 is 0.833 bits per heavy atom. The van der Waals surface area contributed by atoms with Gasteiger partial charge < -0.3 is 26.2 Å². The summed E-state index contributed by atoms with van der Waals surface area (Å²) in [6, 6.07) is 7.21. The van der Waals surface area contributed by atoms with Crippen LogP contribution >= 0.6 is 0 Å². The molecule has 4 rings (SSSR count). The van der Waals surface area contributed by atoms with Crippen LogP contribution in [0.5, 0.6) is 0 Å². The average Bonchev–Trinajstić information content (AvgIpc) is 3.22. The summed E-state index contributed by atoms with van der Waals surface area (Å²) in [5, 5.41) is 12.4. The van der Waals surface area contributed by atoms with Crippen LogP contribution in [0.4, 0.5) is 0 Å². The third-order valence-corrected chi connectivity index (χ3v) is 11.3. The Hall–Kier alpha value is -2.94. The van der Waals surface area contributed by atoms with E-state index in [1.165, 1.54) is 44.9 Å². The number of benzene rings is 1. The highest BCUT2D eigenvalue weighted by Gasteiger charge is 2.46. The van der Waals surface area contributed by atoms with Crippen LogP contribution in [0.15, 0.2) is 30.3 Å². The maximum Gasteiger partial charge on any atom is 0.246 e. The van der Waals surface area contributed by atoms with E-state index in [0.29, 0.717) is 12.8 Å². The van der Waals surface area contributed by atoms with Crippen LogP contribution in [0.3, 0.4) is 0 Å². The first-order chi connectivity index (χ1) is 22.9. The molecule has 0 spiro atoms. The van der Waals surface area contributed by atoms with Gasteiger partial charge in [0.1, 0.15) is 12.1 Å². The highest BCUT2D eigenvalue weighted by molar-refractivity contribution is 5.94. The molecule has 1 heterocycles. The van der Waals surface area contributed by atoms with E-state index in [0.717, 1.165) is 43.1 Å². The number of likely N-dealkylation sites (tertiary alicyclic amines) is 1. The predicted octanol–water partition coefficient (Wildman–Crippen LogP) is 5.65. The molecule has 7 atom stereocenters. The van der Waals surface area contributed by atoms with Crippen molar-refractivity contribution < 1.29 is 19.2 Å². The summed E-state index contributed by atoms with van der Waals surface area (Å²) in [7, 11) is 1.70. The second-order valence-electron chi connectivity index (χ2n) is 15.9. The highest BCUT2D eigenvalue weighted by atomic mass is 16.2. The molecular formula is C39H63N5O4. The Bertz CT molecular complexity index is 1210. The SMILES string of the molecule is CC[C@@H](NC(=O)[C@@H]1C[C@H](NC(=O)C2CCCC(C3CCCCCC3)CC2)CN1C(=O)C(NC(=O)[C@H](C)NC)C(C)(C)C)c1ccccc1. The fourth-order valence-electron chi connectivity index (χ4n) is 8.19. The molecule has 4 N–H and O–H groups in total. The van der Waals surface area contributed by atoms with E-state index >= 15 is 0 Å². The summed E-state index contributed by atoms with van der Waals surface area (Å²) in [5.74, 6) is 0.724. The highest BCUT2D eigenvalue weighted by Crippen LogP contribution is 2.38. The monoisotopic (exact) mass is 665 g/mol. The predicted molar refractivity (Wildman–Crippen MR) is 191 cm³/mol. The number of hydrogen-bond donors (Lipinski definition) is 4. The summed E-state index contributed by atoms with van der Waals surface area (Å²) in [4.78, 5) is 56.8. The number of hydrogen-bond acceptors (Lipinski definition) is 5. The number of nitrogens with one attached hydrogen (secondary N) is 4. The molecule has 2 aliphatic carbocycles. The van der Waals surface area contributed by atoms with Gasteiger partial charge in [0.25, 0.3) is 0 Å². The first kappa shape index (κ1) is 37.9. The summed E-state index contributed by atoms with van der Waals surface area (Å²) in [5.41, 5.74) is 0.401. The zero-order valence-corrected chi connectivity index (χ0v) is 30.5. The topological polar surface area (TPSA) is 120 Å². The van der Waals surface area contributed by atoms with E-state index in [-0.39, 0.29) is 48.2 Å². The minimum Gasteiger partial charge on any atom is -0.351 e. The lowest BCUT2D eigenvalue weighted by atomic mass is 9.81. The van der Waals surface area contributed by atoms with Crippen LogP contribution in [-0.2, 0) is 19.2 Å². The fraction of sp³-hybridized carbons (Fsp3) is 0.744. The molecule has 1 aromatic carbocycles. The molecule has 268 valence electrons. The molecule has 3 unspecified atom stereocenters. The van der Waals surface area contributed by atoms with Gasteiger partial charge in [0.05, 0.1) is 12.1 Å². The van der Waals surface area contributed by atoms with Crippen molar-refractivity contribution in [3.05, 3.63) is 35.9 Å². The van der Waals surface area contributed by atoms with E-state index in [1.54, 1.807) is 18.9 Å². The lowest BCUT2D eigenvalue weighted by molar-refractivity contribution is -0.144. The zero-order valence-electron chi connectivity index (χ0n) is 30.5. The Kier molecular flexibility index (Phi) is 13.9. The number of carbonyl (C=O) groups excluding carboxylic acids is 4. The van der Waals surface area contributed by atoms with Crippen molar-refractivity contribution in [3.8, 4) is 0 Å². The van der Waals surface area contributed by atoms with Crippen LogP contribution in [0, 0.1) is 23.2 Å². The zero-order chi connectivity index (χ0) is 34.8. The van der Waals surface area contributed by atoms with Gasteiger partial charge in [0.2, 0.25) is 23.6 Å². The van der Waals surface area contributed by atoms with Crippen LogP contribution < -0.4 is 21.3 Å². The average molecular weight is 666 g/mol. The van der Waals surface area contributed by atoms with Gasteiger partial charge >= 0.3 is 0 Å². The first-order valence-corrected chi connectivity index (χ1v) is 18.9. The molecule has 1 aromatic rings. The maximum atomic E-state index is 14.4. The number of rotatable bonds is 11. The quantitative estimate of drug-likeness (QED) is 0.228. The van der Waals surface area contributed by atoms with Gasteiger partial charge in [0.15, 0.2) is 0 Å². The fourth-order valence-corrected chi connectivity index (χ4v) is 8.19. The largest absolute Gasteiger partial charge is 0.351 e. The molecule has 0 aromatic heterocycles. The smallest absolute Gasteiger partial charge is 0.246 e. The van der Waals surface area contributed by atoms with Crippen LogP contribution in [0.25, 0.3) is 0 Å².